The topological polar surface area (TPSA) is 119 Å². The van der Waals surface area contributed by atoms with Gasteiger partial charge >= 0.3 is 0 Å². The highest BCUT2D eigenvalue weighted by atomic mass is 32.2. The Bertz CT molecular complexity index is 1390. The number of aromatic nitrogens is 2. The number of halogens is 1. The average Bonchev–Trinajstić information content (AvgIpc) is 3.75. The van der Waals surface area contributed by atoms with Crippen LogP contribution in [0.15, 0.2) is 35.3 Å². The zero-order valence-electron chi connectivity index (χ0n) is 23.2. The second kappa shape index (κ2) is 13.3. The summed E-state index contributed by atoms with van der Waals surface area (Å²) in [5.74, 6) is 0.0707. The quantitative estimate of drug-likeness (QED) is 0.249. The molecule has 1 aromatic carbocycles. The summed E-state index contributed by atoms with van der Waals surface area (Å²) in [5, 5.41) is 5.91. The molecule has 2 heterocycles. The molecule has 0 aliphatic heterocycles. The SMILES string of the molecule is CC.CNSNc1nccc(Oc2c(C(=O)NC3CC3)c(Nc3ccc(C)cc3F)n(C)c(=O)c2C)c1OC. The van der Waals surface area contributed by atoms with Crippen molar-refractivity contribution in [1.29, 1.82) is 0 Å². The predicted molar refractivity (Wildman–Crippen MR) is 154 cm³/mol. The van der Waals surface area contributed by atoms with Crippen molar-refractivity contribution in [2.75, 3.05) is 24.2 Å². The largest absolute Gasteiger partial charge is 0.490 e. The normalized spacial score (nSPS) is 12.2. The zero-order valence-corrected chi connectivity index (χ0v) is 24.0. The molecular weight excluding hydrogens is 523 g/mol. The van der Waals surface area contributed by atoms with Crippen LogP contribution in [-0.4, -0.2) is 35.7 Å². The van der Waals surface area contributed by atoms with Crippen molar-refractivity contribution in [3.05, 3.63) is 63.3 Å². The lowest BCUT2D eigenvalue weighted by atomic mass is 10.1. The maximum atomic E-state index is 14.8. The Labute approximate surface area is 232 Å². The maximum absolute atomic E-state index is 14.8. The van der Waals surface area contributed by atoms with Crippen LogP contribution in [0.25, 0.3) is 0 Å². The number of anilines is 3. The number of nitrogens with zero attached hydrogens (tertiary/aromatic N) is 2. The van der Waals surface area contributed by atoms with Crippen LogP contribution >= 0.6 is 12.1 Å². The van der Waals surface area contributed by atoms with Gasteiger partial charge in [0.1, 0.15) is 17.2 Å². The van der Waals surface area contributed by atoms with Crippen molar-refractivity contribution < 1.29 is 18.7 Å². The van der Waals surface area contributed by atoms with E-state index in [9.17, 15) is 14.0 Å². The van der Waals surface area contributed by atoms with E-state index in [0.717, 1.165) is 18.4 Å². The number of hydrogen-bond donors (Lipinski definition) is 4. The van der Waals surface area contributed by atoms with E-state index < -0.39 is 17.3 Å². The van der Waals surface area contributed by atoms with Gasteiger partial charge in [-0.25, -0.2) is 14.1 Å². The van der Waals surface area contributed by atoms with E-state index in [2.05, 4.69) is 25.1 Å². The Morgan fingerprint density at radius 2 is 1.90 bits per heavy atom. The maximum Gasteiger partial charge on any atom is 0.259 e. The van der Waals surface area contributed by atoms with Crippen molar-refractivity contribution in [3.63, 3.8) is 0 Å². The predicted octanol–water partition coefficient (Wildman–Crippen LogP) is 5.19. The van der Waals surface area contributed by atoms with E-state index in [-0.39, 0.29) is 45.9 Å². The molecule has 12 heteroatoms. The molecule has 0 unspecified atom stereocenters. The summed E-state index contributed by atoms with van der Waals surface area (Å²) in [6.45, 7) is 7.35. The van der Waals surface area contributed by atoms with Crippen molar-refractivity contribution in [1.82, 2.24) is 19.6 Å². The molecule has 0 radical (unpaired) electrons. The van der Waals surface area contributed by atoms with Gasteiger partial charge < -0.3 is 20.1 Å². The van der Waals surface area contributed by atoms with Crippen LogP contribution in [0.2, 0.25) is 0 Å². The molecule has 4 rings (SSSR count). The molecular formula is C27H35FN6O4S. The van der Waals surface area contributed by atoms with Gasteiger partial charge in [-0.05, 0) is 51.4 Å². The van der Waals surface area contributed by atoms with Crippen LogP contribution in [-0.2, 0) is 7.05 Å². The molecule has 4 N–H and O–H groups in total. The molecule has 10 nitrogen and oxygen atoms in total. The Morgan fingerprint density at radius 3 is 2.51 bits per heavy atom. The van der Waals surface area contributed by atoms with Gasteiger partial charge in [0.15, 0.2) is 17.3 Å². The first-order chi connectivity index (χ1) is 18.7. The Kier molecular flexibility index (Phi) is 10.2. The van der Waals surface area contributed by atoms with Crippen LogP contribution in [0, 0.1) is 19.7 Å². The number of hydrogen-bond acceptors (Lipinski definition) is 9. The number of carbonyl (C=O) groups excluding carboxylic acids is 1. The van der Waals surface area contributed by atoms with Crippen LogP contribution in [0.4, 0.5) is 21.7 Å². The molecule has 1 amide bonds. The van der Waals surface area contributed by atoms with Crippen molar-refractivity contribution in [3.8, 4) is 17.2 Å². The summed E-state index contributed by atoms with van der Waals surface area (Å²) in [5.41, 5.74) is 0.723. The minimum atomic E-state index is -0.516. The molecule has 1 aliphatic rings. The molecule has 39 heavy (non-hydrogen) atoms. The molecule has 210 valence electrons. The van der Waals surface area contributed by atoms with Crippen LogP contribution in [0.1, 0.15) is 48.2 Å². The first kappa shape index (κ1) is 29.8. The number of methoxy groups -OCH3 is 1. The first-order valence-electron chi connectivity index (χ1n) is 12.6. The fraction of sp³-hybridized carbons (Fsp3) is 0.370. The van der Waals surface area contributed by atoms with Crippen LogP contribution in [0.5, 0.6) is 17.2 Å². The average molecular weight is 559 g/mol. The van der Waals surface area contributed by atoms with E-state index in [1.807, 2.05) is 13.8 Å². The molecule has 0 atom stereocenters. The monoisotopic (exact) mass is 558 g/mol. The molecule has 1 aliphatic carbocycles. The number of pyridine rings is 2. The molecule has 0 saturated heterocycles. The highest BCUT2D eigenvalue weighted by Crippen LogP contribution is 2.40. The van der Waals surface area contributed by atoms with Crippen molar-refractivity contribution in [2.24, 2.45) is 7.05 Å². The van der Waals surface area contributed by atoms with Gasteiger partial charge in [-0.3, -0.25) is 18.9 Å². The summed E-state index contributed by atoms with van der Waals surface area (Å²) in [6.07, 6.45) is 3.23. The highest BCUT2D eigenvalue weighted by molar-refractivity contribution is 7.98. The highest BCUT2D eigenvalue weighted by Gasteiger charge is 2.31. The lowest BCUT2D eigenvalue weighted by Crippen LogP contribution is -2.31. The molecule has 1 fully saturated rings. The van der Waals surface area contributed by atoms with Crippen molar-refractivity contribution >= 4 is 35.4 Å². The third-order valence-electron chi connectivity index (χ3n) is 5.82. The van der Waals surface area contributed by atoms with Crippen LogP contribution < -0.4 is 35.1 Å². The van der Waals surface area contributed by atoms with Crippen LogP contribution in [0.3, 0.4) is 0 Å². The smallest absolute Gasteiger partial charge is 0.259 e. The first-order valence-corrected chi connectivity index (χ1v) is 13.4. The van der Waals surface area contributed by atoms with E-state index in [0.29, 0.717) is 5.82 Å². The standard InChI is InChI=1S/C25H29FN6O4S.C2H6/c1-13-6-9-17(16(26)12-13)30-23-19(24(33)29-15-7-8-15)20(14(2)25(34)32(23)4)36-18-10-11-28-22(21(18)35-5)31-37-27-3;1-2/h6,9-12,15,27,30H,7-8H2,1-5H3,(H,28,31)(H,29,33);1-2H3. The molecule has 2 aromatic heterocycles. The minimum Gasteiger partial charge on any atom is -0.490 e. The second-order valence-electron chi connectivity index (χ2n) is 8.60. The molecule has 1 saturated carbocycles. The summed E-state index contributed by atoms with van der Waals surface area (Å²) in [7, 11) is 4.72. The van der Waals surface area contributed by atoms with Gasteiger partial charge in [0.2, 0.25) is 5.75 Å². The fourth-order valence-electron chi connectivity index (χ4n) is 3.72. The zero-order chi connectivity index (χ0) is 28.7. The number of nitrogens with one attached hydrogen (secondary N) is 4. The lowest BCUT2D eigenvalue weighted by molar-refractivity contribution is 0.0948. The lowest BCUT2D eigenvalue weighted by Gasteiger charge is -2.22. The number of rotatable bonds is 10. The number of benzene rings is 1. The van der Waals surface area contributed by atoms with E-state index in [4.69, 9.17) is 9.47 Å². The third-order valence-corrected chi connectivity index (χ3v) is 6.32. The van der Waals surface area contributed by atoms with Gasteiger partial charge in [0, 0.05) is 37.5 Å². The van der Waals surface area contributed by atoms with E-state index >= 15 is 0 Å². The third kappa shape index (κ3) is 6.82. The molecule has 3 aromatic rings. The van der Waals surface area contributed by atoms with Gasteiger partial charge in [0.05, 0.1) is 18.4 Å². The number of ether oxygens (including phenoxy) is 2. The second-order valence-corrected chi connectivity index (χ2v) is 9.42. The minimum absolute atomic E-state index is 0.0340. The van der Waals surface area contributed by atoms with Gasteiger partial charge in [-0.15, -0.1) is 0 Å². The number of aryl methyl sites for hydroxylation is 1. The van der Waals surface area contributed by atoms with Gasteiger partial charge in [0.25, 0.3) is 11.5 Å². The summed E-state index contributed by atoms with van der Waals surface area (Å²) >= 11 is 1.18. The van der Waals surface area contributed by atoms with Crippen molar-refractivity contribution in [2.45, 2.75) is 46.6 Å². The fourth-order valence-corrected chi connectivity index (χ4v) is 4.07. The molecule has 0 bridgehead atoms. The summed E-state index contributed by atoms with van der Waals surface area (Å²) in [4.78, 5) is 31.0. The van der Waals surface area contributed by atoms with Gasteiger partial charge in [-0.1, -0.05) is 19.9 Å². The Balaban J connectivity index is 0.00000205. The van der Waals surface area contributed by atoms with Gasteiger partial charge in [-0.2, -0.15) is 0 Å². The Hall–Kier alpha value is -3.77. The summed E-state index contributed by atoms with van der Waals surface area (Å²) < 4.78 is 33.7. The summed E-state index contributed by atoms with van der Waals surface area (Å²) in [6, 6.07) is 6.27. The number of carbonyl (C=O) groups is 1. The van der Waals surface area contributed by atoms with E-state index in [1.54, 1.807) is 39.1 Å². The Morgan fingerprint density at radius 1 is 1.18 bits per heavy atom. The van der Waals surface area contributed by atoms with E-state index in [1.165, 1.54) is 43.1 Å². The molecule has 0 spiro atoms. The number of amides is 1.